The van der Waals surface area contributed by atoms with Gasteiger partial charge in [-0.1, -0.05) is 18.2 Å². The lowest BCUT2D eigenvalue weighted by Gasteiger charge is -2.14. The van der Waals surface area contributed by atoms with Gasteiger partial charge < -0.3 is 15.4 Å². The van der Waals surface area contributed by atoms with Crippen molar-refractivity contribution >= 4 is 18.3 Å². The van der Waals surface area contributed by atoms with Crippen molar-refractivity contribution < 1.29 is 9.53 Å². The summed E-state index contributed by atoms with van der Waals surface area (Å²) in [4.78, 5) is 11.7. The van der Waals surface area contributed by atoms with Crippen LogP contribution in [0.3, 0.4) is 0 Å². The van der Waals surface area contributed by atoms with Crippen LogP contribution in [0.15, 0.2) is 24.3 Å². The van der Waals surface area contributed by atoms with Crippen molar-refractivity contribution in [3.8, 4) is 5.75 Å². The summed E-state index contributed by atoms with van der Waals surface area (Å²) >= 11 is 0. The van der Waals surface area contributed by atoms with Gasteiger partial charge in [0.2, 0.25) is 5.91 Å². The Morgan fingerprint density at radius 2 is 1.95 bits per heavy atom. The molecule has 0 bridgehead atoms. The van der Waals surface area contributed by atoms with E-state index in [1.165, 1.54) is 0 Å². The van der Waals surface area contributed by atoms with E-state index in [0.29, 0.717) is 13.0 Å². The fourth-order valence-electron chi connectivity index (χ4n) is 1.58. The van der Waals surface area contributed by atoms with Gasteiger partial charge in [0.05, 0.1) is 12.5 Å². The van der Waals surface area contributed by atoms with Crippen LogP contribution >= 0.6 is 12.4 Å². The molecule has 0 fully saturated rings. The Labute approximate surface area is 121 Å². The zero-order valence-corrected chi connectivity index (χ0v) is 12.5. The minimum absolute atomic E-state index is 0. The zero-order valence-electron chi connectivity index (χ0n) is 11.7. The summed E-state index contributed by atoms with van der Waals surface area (Å²) in [5, 5.41) is 5.84. The number of para-hydroxylation sites is 1. The van der Waals surface area contributed by atoms with Crippen LogP contribution < -0.4 is 15.4 Å². The predicted molar refractivity (Wildman–Crippen MR) is 80.1 cm³/mol. The third kappa shape index (κ3) is 7.03. The van der Waals surface area contributed by atoms with E-state index in [0.717, 1.165) is 17.9 Å². The summed E-state index contributed by atoms with van der Waals surface area (Å²) in [5.41, 5.74) is 0.924. The predicted octanol–water partition coefficient (Wildman–Crippen LogP) is 1.77. The molecule has 0 aliphatic carbocycles. The van der Waals surface area contributed by atoms with Crippen molar-refractivity contribution in [3.63, 3.8) is 0 Å². The molecule has 1 rings (SSSR count). The van der Waals surface area contributed by atoms with E-state index in [9.17, 15) is 4.79 Å². The van der Waals surface area contributed by atoms with Gasteiger partial charge in [-0.15, -0.1) is 12.4 Å². The van der Waals surface area contributed by atoms with Crippen LogP contribution in [-0.4, -0.2) is 32.1 Å². The molecule has 0 aliphatic heterocycles. The highest BCUT2D eigenvalue weighted by molar-refractivity contribution is 5.85. The highest BCUT2D eigenvalue weighted by Crippen LogP contribution is 2.19. The Morgan fingerprint density at radius 3 is 2.58 bits per heavy atom. The van der Waals surface area contributed by atoms with Crippen LogP contribution in [0.4, 0.5) is 0 Å². The van der Waals surface area contributed by atoms with E-state index in [2.05, 4.69) is 10.6 Å². The molecule has 0 unspecified atom stereocenters. The smallest absolute Gasteiger partial charge is 0.224 e. The molecule has 2 N–H and O–H groups in total. The minimum atomic E-state index is 0. The number of carbonyl (C=O) groups excluding carboxylic acids is 1. The average Bonchev–Trinajstić information content (AvgIpc) is 2.31. The normalized spacial score (nSPS) is 9.89. The quantitative estimate of drug-likeness (QED) is 0.751. The van der Waals surface area contributed by atoms with Gasteiger partial charge in [0, 0.05) is 18.7 Å². The van der Waals surface area contributed by atoms with Gasteiger partial charge in [-0.3, -0.25) is 4.79 Å². The van der Waals surface area contributed by atoms with Gasteiger partial charge in [0.25, 0.3) is 0 Å². The molecule has 0 saturated heterocycles. The van der Waals surface area contributed by atoms with Crippen molar-refractivity contribution in [3.05, 3.63) is 29.8 Å². The second-order valence-electron chi connectivity index (χ2n) is 4.40. The molecule has 0 aliphatic rings. The topological polar surface area (TPSA) is 50.4 Å². The Bertz CT molecular complexity index is 383. The lowest BCUT2D eigenvalue weighted by molar-refractivity contribution is -0.120. The molecule has 0 heterocycles. The minimum Gasteiger partial charge on any atom is -0.491 e. The van der Waals surface area contributed by atoms with Crippen LogP contribution in [0, 0.1) is 0 Å². The van der Waals surface area contributed by atoms with E-state index < -0.39 is 0 Å². The van der Waals surface area contributed by atoms with E-state index in [1.54, 1.807) is 0 Å². The van der Waals surface area contributed by atoms with E-state index >= 15 is 0 Å². The maximum Gasteiger partial charge on any atom is 0.224 e. The molecule has 0 spiro atoms. The second-order valence-corrected chi connectivity index (χ2v) is 4.40. The van der Waals surface area contributed by atoms with Crippen molar-refractivity contribution in [2.24, 2.45) is 0 Å². The average molecular weight is 287 g/mol. The number of likely N-dealkylation sites (N-methyl/N-ethyl adjacent to an activating group) is 1. The van der Waals surface area contributed by atoms with Crippen molar-refractivity contribution in [2.45, 2.75) is 26.4 Å². The maximum atomic E-state index is 11.7. The van der Waals surface area contributed by atoms with Crippen molar-refractivity contribution in [1.82, 2.24) is 10.6 Å². The summed E-state index contributed by atoms with van der Waals surface area (Å²) < 4.78 is 5.68. The fourth-order valence-corrected chi connectivity index (χ4v) is 1.58. The number of hydrogen-bond donors (Lipinski definition) is 2. The third-order valence-corrected chi connectivity index (χ3v) is 2.38. The molecule has 0 radical (unpaired) electrons. The van der Waals surface area contributed by atoms with Gasteiger partial charge in [0.1, 0.15) is 5.75 Å². The number of benzene rings is 1. The molecule has 0 saturated carbocycles. The summed E-state index contributed by atoms with van der Waals surface area (Å²) in [6, 6.07) is 7.66. The maximum absolute atomic E-state index is 11.7. The summed E-state index contributed by atoms with van der Waals surface area (Å²) in [5.74, 6) is 0.807. The molecule has 1 aromatic carbocycles. The molecule has 1 aromatic rings. The third-order valence-electron chi connectivity index (χ3n) is 2.38. The molecule has 0 atom stereocenters. The van der Waals surface area contributed by atoms with Crippen LogP contribution in [0.5, 0.6) is 5.75 Å². The number of halogens is 1. The Kier molecular flexibility index (Phi) is 9.00. The van der Waals surface area contributed by atoms with Gasteiger partial charge in [-0.2, -0.15) is 0 Å². The monoisotopic (exact) mass is 286 g/mol. The number of ether oxygens (including phenoxy) is 1. The molecule has 4 nitrogen and oxygen atoms in total. The number of hydrogen-bond acceptors (Lipinski definition) is 3. The molecule has 5 heteroatoms. The molecule has 108 valence electrons. The first kappa shape index (κ1) is 17.7. The molecule has 0 aromatic heterocycles. The lowest BCUT2D eigenvalue weighted by atomic mass is 10.1. The molecule has 1 amide bonds. The lowest BCUT2D eigenvalue weighted by Crippen LogP contribution is -2.31. The van der Waals surface area contributed by atoms with E-state index in [-0.39, 0.29) is 24.4 Å². The summed E-state index contributed by atoms with van der Waals surface area (Å²) in [6.07, 6.45) is 0.464. The molecular weight excluding hydrogens is 264 g/mol. The zero-order chi connectivity index (χ0) is 13.4. The van der Waals surface area contributed by atoms with Crippen molar-refractivity contribution in [1.29, 1.82) is 0 Å². The first-order valence-corrected chi connectivity index (χ1v) is 6.29. The van der Waals surface area contributed by atoms with Gasteiger partial charge >= 0.3 is 0 Å². The number of amides is 1. The van der Waals surface area contributed by atoms with Crippen LogP contribution in [0.1, 0.15) is 19.4 Å². The largest absolute Gasteiger partial charge is 0.491 e. The Morgan fingerprint density at radius 1 is 1.26 bits per heavy atom. The van der Waals surface area contributed by atoms with Gasteiger partial charge in [-0.05, 0) is 27.0 Å². The molecular formula is C14H23ClN2O2. The van der Waals surface area contributed by atoms with Crippen LogP contribution in [-0.2, 0) is 11.2 Å². The van der Waals surface area contributed by atoms with Crippen LogP contribution in [0.2, 0.25) is 0 Å². The van der Waals surface area contributed by atoms with Crippen LogP contribution in [0.25, 0.3) is 0 Å². The Balaban J connectivity index is 0.00000324. The highest BCUT2D eigenvalue weighted by Gasteiger charge is 2.09. The van der Waals surface area contributed by atoms with E-state index in [1.807, 2.05) is 45.2 Å². The summed E-state index contributed by atoms with van der Waals surface area (Å²) in [6.45, 7) is 5.37. The number of rotatable bonds is 7. The first-order chi connectivity index (χ1) is 8.63. The standard InChI is InChI=1S/C14H22N2O2.ClH/c1-11(2)18-13-7-5-4-6-12(13)10-14(17)16-9-8-15-3;/h4-7,11,15H,8-10H2,1-3H3,(H,16,17);1H. The number of carbonyl (C=O) groups is 1. The first-order valence-electron chi connectivity index (χ1n) is 6.29. The highest BCUT2D eigenvalue weighted by atomic mass is 35.5. The SMILES string of the molecule is CNCCNC(=O)Cc1ccccc1OC(C)C.Cl. The van der Waals surface area contributed by atoms with Crippen molar-refractivity contribution in [2.75, 3.05) is 20.1 Å². The van der Waals surface area contributed by atoms with Gasteiger partial charge in [0.15, 0.2) is 0 Å². The molecule has 19 heavy (non-hydrogen) atoms. The second kappa shape index (κ2) is 9.64. The van der Waals surface area contributed by atoms with Gasteiger partial charge in [-0.25, -0.2) is 0 Å². The number of nitrogens with one attached hydrogen (secondary N) is 2. The summed E-state index contributed by atoms with van der Waals surface area (Å²) in [7, 11) is 1.86. The fraction of sp³-hybridized carbons (Fsp3) is 0.500. The Hall–Kier alpha value is -1.26. The van der Waals surface area contributed by atoms with E-state index in [4.69, 9.17) is 4.74 Å².